The first-order valence-electron chi connectivity index (χ1n) is 36.1. The number of allylic oxidation sites excluding steroid dienone is 2. The maximum Gasteiger partial charge on any atom is 0.311 e. The number of likely N-dealkylation sites (N-methyl/N-ethyl adjacent to an activating group) is 1. The van der Waals surface area contributed by atoms with Gasteiger partial charge in [0.15, 0.2) is 12.1 Å². The molecule has 0 radical (unpaired) electrons. The fourth-order valence-electron chi connectivity index (χ4n) is 13.6. The van der Waals surface area contributed by atoms with Crippen LogP contribution in [0.4, 0.5) is 0 Å². The number of aliphatic hydroxyl groups is 17. The van der Waals surface area contributed by atoms with Gasteiger partial charge in [0.25, 0.3) is 0 Å². The Morgan fingerprint density at radius 1 is 0.625 bits per heavy atom. The Morgan fingerprint density at radius 3 is 1.82 bits per heavy atom. The molecular formula is C73H133NO22. The van der Waals surface area contributed by atoms with Gasteiger partial charge < -0.3 is 111 Å². The highest BCUT2D eigenvalue weighted by Crippen LogP contribution is 2.42. The number of fused-ring (bicyclic) bond motifs is 2. The Labute approximate surface area is 573 Å². The summed E-state index contributed by atoms with van der Waals surface area (Å²) in [6, 6.07) is -0.781. The number of hydrogen-bond donors (Lipinski definition) is 17. The fraction of sp³-hybridized carbons (Fsp3) is 0.877. The Morgan fingerprint density at radius 2 is 1.21 bits per heavy atom. The van der Waals surface area contributed by atoms with Crippen LogP contribution in [0.1, 0.15) is 211 Å². The summed E-state index contributed by atoms with van der Waals surface area (Å²) in [4.78, 5) is 15.4. The molecule has 23 nitrogen and oxygen atoms in total. The Kier molecular flexibility index (Phi) is 39.8. The van der Waals surface area contributed by atoms with Crippen molar-refractivity contribution < 1.29 is 111 Å². The molecule has 0 aliphatic carbocycles. The van der Waals surface area contributed by atoms with Gasteiger partial charge in [0.05, 0.1) is 122 Å². The van der Waals surface area contributed by atoms with Crippen LogP contribution < -0.4 is 0 Å². The third-order valence-electron chi connectivity index (χ3n) is 21.3. The lowest BCUT2D eigenvalue weighted by atomic mass is 9.80. The van der Waals surface area contributed by atoms with Gasteiger partial charge in [-0.05, 0) is 161 Å². The van der Waals surface area contributed by atoms with E-state index >= 15 is 0 Å². The molecule has 0 amide bonds. The number of carbonyl (C=O) groups excluding carboxylic acids is 1. The summed E-state index contributed by atoms with van der Waals surface area (Å²) in [7, 11) is 3.40. The minimum absolute atomic E-state index is 0.00878. The first kappa shape index (κ1) is 87.8. The van der Waals surface area contributed by atoms with Gasteiger partial charge in [-0.15, -0.1) is 0 Å². The fourth-order valence-corrected chi connectivity index (χ4v) is 13.6. The molecule has 562 valence electrons. The van der Waals surface area contributed by atoms with Gasteiger partial charge in [0.2, 0.25) is 0 Å². The van der Waals surface area contributed by atoms with Gasteiger partial charge in [-0.2, -0.15) is 0 Å². The summed E-state index contributed by atoms with van der Waals surface area (Å²) in [5.74, 6) is -6.45. The maximum atomic E-state index is 13.7. The molecule has 17 N–H and O–H groups in total. The molecule has 23 heteroatoms. The minimum Gasteiger partial charge on any atom is -0.458 e. The number of nitrogens with zero attached hydrogens (tertiary/aromatic N) is 1. The number of esters is 1. The molecule has 0 aromatic rings. The second-order valence-electron chi connectivity index (χ2n) is 29.7. The summed E-state index contributed by atoms with van der Waals surface area (Å²) in [5.41, 5.74) is 0.999. The van der Waals surface area contributed by atoms with Crippen LogP contribution in [0.2, 0.25) is 0 Å². The standard InChI is InChI=1S/C73H133NO22/c1-14-41(2)20-17-22-51-34-44(5)63(86)37-53(76)24-19-27-58(81)46(7)57(80)25-16-15-21-43(4)68(88)48(9)64-39-65(95-72-71(91)67(74(12)13)69(89)50(11)94-72)49(10)73(92,96-64)40-66(87)93-45(6)29-30-54(77)35-52(75)23-18-26-59(82)47(8)60(83)32-28-42(3)62(85)38-56(79)36-55(78)31-33-61(84)70(51)90/h15-16,21,29-30,34,41-42,45-65,67-72,75-86,88-92H,14,17-20,22-28,31-33,35-40H2,1-13H3/b16-15+,30-29+,43-21+,44-34+/t41?,42?,45?,46?,47?,48?,49?,50-,51?,52?,53?,54?,55?,56?,57?,58?,59?,60?,61?,62?,63?,64?,65?,67?,68?,69-,70?,71-,72+,73?/m1/s1. The van der Waals surface area contributed by atoms with Gasteiger partial charge >= 0.3 is 5.97 Å². The van der Waals surface area contributed by atoms with Gasteiger partial charge in [-0.3, -0.25) is 4.79 Å². The molecule has 3 rings (SSSR count). The molecule has 2 bridgehead atoms. The van der Waals surface area contributed by atoms with Gasteiger partial charge in [0.1, 0.15) is 12.2 Å². The molecule has 2 fully saturated rings. The zero-order valence-electron chi connectivity index (χ0n) is 60.1. The first-order valence-corrected chi connectivity index (χ1v) is 36.1. The summed E-state index contributed by atoms with van der Waals surface area (Å²) >= 11 is 0. The summed E-state index contributed by atoms with van der Waals surface area (Å²) < 4.78 is 24.5. The van der Waals surface area contributed by atoms with E-state index in [-0.39, 0.29) is 89.4 Å². The van der Waals surface area contributed by atoms with Crippen molar-refractivity contribution in [2.45, 2.75) is 351 Å². The quantitative estimate of drug-likeness (QED) is 0.117. The molecule has 0 aromatic carbocycles. The van der Waals surface area contributed by atoms with Crippen LogP contribution in [0.25, 0.3) is 0 Å². The Hall–Kier alpha value is -2.41. The molecule has 0 aromatic heterocycles. The SMILES string of the molecule is CCC(C)CCCC1/C=C(\C)C(O)CC(O)CCCC(O)C(C)C(O)C/C=C/C=C(\C)C(O)C(C)C2CC(O[C@@H]3O[C@H](C)[C@@H](O)C(N(C)C)[C@H]3O)C(C)C(O)(CC(=O)OC(C)/C=C/C(O)CC(O)CCCC(O)C(C)C(O)CCC(C)C(O)CC(O)CC(O)CCC(O)C1O)O2. The normalized spacial score (nSPS) is 44.7. The van der Waals surface area contributed by atoms with Crippen LogP contribution in [-0.4, -0.2) is 252 Å². The molecular weight excluding hydrogens is 1240 g/mol. The maximum absolute atomic E-state index is 13.7. The van der Waals surface area contributed by atoms with E-state index in [9.17, 15) is 91.6 Å². The van der Waals surface area contributed by atoms with Crippen LogP contribution in [0.3, 0.4) is 0 Å². The number of cyclic esters (lactones) is 1. The van der Waals surface area contributed by atoms with Gasteiger partial charge in [-0.1, -0.05) is 98.1 Å². The van der Waals surface area contributed by atoms with Crippen molar-refractivity contribution in [3.63, 3.8) is 0 Å². The van der Waals surface area contributed by atoms with Crippen LogP contribution in [-0.2, 0) is 23.7 Å². The van der Waals surface area contributed by atoms with Crippen molar-refractivity contribution >= 4 is 5.97 Å². The van der Waals surface area contributed by atoms with E-state index in [0.29, 0.717) is 42.7 Å². The Balaban J connectivity index is 1.86. The third kappa shape index (κ3) is 29.5. The molecule has 3 aliphatic rings. The smallest absolute Gasteiger partial charge is 0.311 e. The van der Waals surface area contributed by atoms with Crippen LogP contribution in [0.5, 0.6) is 0 Å². The number of rotatable bonds is 8. The molecule has 26 unspecified atom stereocenters. The van der Waals surface area contributed by atoms with E-state index < -0.39 is 182 Å². The average Bonchev–Trinajstić information content (AvgIpc) is 0.771. The van der Waals surface area contributed by atoms with Crippen molar-refractivity contribution in [1.82, 2.24) is 4.90 Å². The number of ether oxygens (including phenoxy) is 4. The lowest BCUT2D eigenvalue weighted by Crippen LogP contribution is -2.64. The van der Waals surface area contributed by atoms with Crippen molar-refractivity contribution in [1.29, 1.82) is 0 Å². The van der Waals surface area contributed by atoms with Crippen LogP contribution in [0, 0.1) is 41.4 Å². The van der Waals surface area contributed by atoms with Crippen molar-refractivity contribution in [3.8, 4) is 0 Å². The highest BCUT2D eigenvalue weighted by Gasteiger charge is 2.53. The van der Waals surface area contributed by atoms with Crippen LogP contribution in [0.15, 0.2) is 47.6 Å². The summed E-state index contributed by atoms with van der Waals surface area (Å²) in [5, 5.41) is 191. The van der Waals surface area contributed by atoms with E-state index in [4.69, 9.17) is 18.9 Å². The first-order chi connectivity index (χ1) is 44.9. The van der Waals surface area contributed by atoms with E-state index in [2.05, 4.69) is 13.8 Å². The predicted molar refractivity (Wildman–Crippen MR) is 365 cm³/mol. The van der Waals surface area contributed by atoms with Crippen molar-refractivity contribution in [3.05, 3.63) is 47.6 Å². The van der Waals surface area contributed by atoms with E-state index in [1.165, 1.54) is 12.2 Å². The highest BCUT2D eigenvalue weighted by molar-refractivity contribution is 5.71. The number of carbonyl (C=O) groups is 1. The minimum atomic E-state index is -2.26. The molecule has 96 heavy (non-hydrogen) atoms. The highest BCUT2D eigenvalue weighted by atomic mass is 16.7. The Bertz CT molecular complexity index is 2280. The van der Waals surface area contributed by atoms with Crippen LogP contribution >= 0.6 is 0 Å². The lowest BCUT2D eigenvalue weighted by molar-refractivity contribution is -0.351. The second kappa shape index (κ2) is 43.5. The van der Waals surface area contributed by atoms with Gasteiger partial charge in [-0.25, -0.2) is 0 Å². The lowest BCUT2D eigenvalue weighted by Gasteiger charge is -2.50. The van der Waals surface area contributed by atoms with Crippen molar-refractivity contribution in [2.75, 3.05) is 14.1 Å². The predicted octanol–water partition coefficient (Wildman–Crippen LogP) is 4.50. The zero-order valence-corrected chi connectivity index (χ0v) is 60.1. The van der Waals surface area contributed by atoms with E-state index in [1.54, 1.807) is 106 Å². The monoisotopic (exact) mass is 1380 g/mol. The molecule has 3 heterocycles. The topological polar surface area (TPSA) is 401 Å². The summed E-state index contributed by atoms with van der Waals surface area (Å²) in [6.45, 7) is 19.4. The number of hydrogen-bond acceptors (Lipinski definition) is 23. The molecule has 0 spiro atoms. The van der Waals surface area contributed by atoms with E-state index in [1.807, 2.05) is 0 Å². The number of aliphatic hydroxyl groups excluding tert-OH is 16. The molecule has 30 atom stereocenters. The molecule has 2 saturated heterocycles. The largest absolute Gasteiger partial charge is 0.458 e. The molecule has 0 saturated carbocycles. The van der Waals surface area contributed by atoms with Gasteiger partial charge in [0, 0.05) is 48.9 Å². The zero-order chi connectivity index (χ0) is 72.5. The summed E-state index contributed by atoms with van der Waals surface area (Å²) in [6.07, 6.45) is -7.61. The molecule has 3 aliphatic heterocycles. The average molecular weight is 1380 g/mol. The third-order valence-corrected chi connectivity index (χ3v) is 21.3. The van der Waals surface area contributed by atoms with E-state index in [0.717, 1.165) is 19.3 Å². The van der Waals surface area contributed by atoms with Crippen molar-refractivity contribution in [2.24, 2.45) is 41.4 Å². The second-order valence-corrected chi connectivity index (χ2v) is 29.7.